The van der Waals surface area contributed by atoms with E-state index in [1.165, 1.54) is 0 Å². The summed E-state index contributed by atoms with van der Waals surface area (Å²) in [6, 6.07) is 16.7. The third-order valence-corrected chi connectivity index (χ3v) is 5.81. The second-order valence-corrected chi connectivity index (χ2v) is 8.11. The van der Waals surface area contributed by atoms with Crippen molar-refractivity contribution in [3.63, 3.8) is 0 Å². The van der Waals surface area contributed by atoms with E-state index < -0.39 is 5.91 Å². The Kier molecular flexibility index (Phi) is 6.02. The van der Waals surface area contributed by atoms with Crippen molar-refractivity contribution >= 4 is 23.4 Å². The highest BCUT2D eigenvalue weighted by Gasteiger charge is 2.23. The molecular weight excluding hydrogens is 412 g/mol. The van der Waals surface area contributed by atoms with Crippen LogP contribution in [0.1, 0.15) is 15.9 Å². The first-order chi connectivity index (χ1) is 14.9. The van der Waals surface area contributed by atoms with Crippen LogP contribution >= 0.6 is 11.6 Å². The molecule has 4 rings (SSSR count). The van der Waals surface area contributed by atoms with Gasteiger partial charge in [-0.05, 0) is 60.1 Å². The number of nitrogens with zero attached hydrogens (tertiary/aromatic N) is 3. The van der Waals surface area contributed by atoms with E-state index >= 15 is 0 Å². The number of carbonyl (C=O) groups is 2. The molecule has 0 unspecified atom stereocenters. The lowest BCUT2D eigenvalue weighted by atomic mass is 9.94. The molecule has 2 N–H and O–H groups in total. The maximum absolute atomic E-state index is 12.5. The molecule has 3 aromatic rings. The molecule has 1 aliphatic heterocycles. The predicted molar refractivity (Wildman–Crippen MR) is 122 cm³/mol. The third-order valence-electron chi connectivity index (χ3n) is 5.48. The van der Waals surface area contributed by atoms with Crippen molar-refractivity contribution in [2.75, 3.05) is 26.7 Å². The lowest BCUT2D eigenvalue weighted by Gasteiger charge is -2.32. The summed E-state index contributed by atoms with van der Waals surface area (Å²) >= 11 is 6.46. The Labute approximate surface area is 186 Å². The summed E-state index contributed by atoms with van der Waals surface area (Å²) in [6.45, 7) is 2.35. The summed E-state index contributed by atoms with van der Waals surface area (Å²) in [4.78, 5) is 32.6. The summed E-state index contributed by atoms with van der Waals surface area (Å²) in [7, 11) is 1.94. The molecule has 1 aromatic heterocycles. The van der Waals surface area contributed by atoms with Gasteiger partial charge in [0.05, 0.1) is 12.2 Å². The summed E-state index contributed by atoms with van der Waals surface area (Å²) in [6.07, 6.45) is 1.72. The van der Waals surface area contributed by atoms with Crippen LogP contribution in [0.3, 0.4) is 0 Å². The standard InChI is InChI=1S/C24H23ClN4O2/c1-28-10-11-29(23(30)15-28)14-18-6-5-17(24(26)31)13-19(18)16-7-8-21(25)20(12-16)22-4-2-3-9-27-22/h2-9,12-13H,10-11,14-15H2,1H3,(H2,26,31). The highest BCUT2D eigenvalue weighted by Crippen LogP contribution is 2.34. The Morgan fingerprint density at radius 3 is 2.65 bits per heavy atom. The molecule has 1 fully saturated rings. The van der Waals surface area contributed by atoms with Gasteiger partial charge in [0, 0.05) is 42.0 Å². The molecule has 0 atom stereocenters. The Balaban J connectivity index is 1.77. The van der Waals surface area contributed by atoms with E-state index in [0.29, 0.717) is 30.2 Å². The average molecular weight is 435 g/mol. The maximum Gasteiger partial charge on any atom is 0.248 e. The topological polar surface area (TPSA) is 79.5 Å². The first-order valence-corrected chi connectivity index (χ1v) is 10.4. The second kappa shape index (κ2) is 8.88. The SMILES string of the molecule is CN1CCN(Cc2ccc(C(N)=O)cc2-c2ccc(Cl)c(-c3ccccn3)c2)C(=O)C1. The minimum atomic E-state index is -0.498. The van der Waals surface area contributed by atoms with Gasteiger partial charge in [-0.25, -0.2) is 0 Å². The first kappa shape index (κ1) is 21.0. The number of rotatable bonds is 5. The van der Waals surface area contributed by atoms with E-state index in [1.807, 2.05) is 59.3 Å². The van der Waals surface area contributed by atoms with Crippen LogP contribution in [0.25, 0.3) is 22.4 Å². The average Bonchev–Trinajstić information content (AvgIpc) is 2.77. The number of hydrogen-bond acceptors (Lipinski definition) is 4. The molecule has 0 bridgehead atoms. The lowest BCUT2D eigenvalue weighted by molar-refractivity contribution is -0.136. The van der Waals surface area contributed by atoms with Crippen molar-refractivity contribution in [3.8, 4) is 22.4 Å². The van der Waals surface area contributed by atoms with Crippen molar-refractivity contribution in [2.24, 2.45) is 5.73 Å². The van der Waals surface area contributed by atoms with Gasteiger partial charge < -0.3 is 10.6 Å². The second-order valence-electron chi connectivity index (χ2n) is 7.70. The summed E-state index contributed by atoms with van der Waals surface area (Å²) < 4.78 is 0. The third kappa shape index (κ3) is 4.60. The Morgan fingerprint density at radius 2 is 1.94 bits per heavy atom. The monoisotopic (exact) mass is 434 g/mol. The van der Waals surface area contributed by atoms with E-state index in [-0.39, 0.29) is 5.91 Å². The number of aromatic nitrogens is 1. The Morgan fingerprint density at radius 1 is 1.10 bits per heavy atom. The molecule has 31 heavy (non-hydrogen) atoms. The minimum Gasteiger partial charge on any atom is -0.366 e. The van der Waals surface area contributed by atoms with Crippen LogP contribution in [0.4, 0.5) is 0 Å². The van der Waals surface area contributed by atoms with Gasteiger partial charge in [-0.1, -0.05) is 29.8 Å². The summed E-state index contributed by atoms with van der Waals surface area (Å²) in [5, 5.41) is 0.587. The van der Waals surface area contributed by atoms with E-state index in [4.69, 9.17) is 17.3 Å². The first-order valence-electron chi connectivity index (χ1n) is 10.0. The predicted octanol–water partition coefficient (Wildman–Crippen LogP) is 3.44. The van der Waals surface area contributed by atoms with Crippen molar-refractivity contribution < 1.29 is 9.59 Å². The summed E-state index contributed by atoms with van der Waals surface area (Å²) in [5.74, 6) is -0.411. The quantitative estimate of drug-likeness (QED) is 0.667. The normalized spacial score (nSPS) is 14.6. The van der Waals surface area contributed by atoms with Gasteiger partial charge >= 0.3 is 0 Å². The Hall–Kier alpha value is -3.22. The number of benzene rings is 2. The number of amides is 2. The largest absolute Gasteiger partial charge is 0.366 e. The van der Waals surface area contributed by atoms with Crippen LogP contribution in [-0.2, 0) is 11.3 Å². The minimum absolute atomic E-state index is 0.0870. The molecule has 0 saturated carbocycles. The van der Waals surface area contributed by atoms with Crippen LogP contribution in [0.2, 0.25) is 5.02 Å². The molecular formula is C24H23ClN4O2. The number of hydrogen-bond donors (Lipinski definition) is 1. The van der Waals surface area contributed by atoms with Crippen molar-refractivity contribution in [2.45, 2.75) is 6.54 Å². The molecule has 2 aromatic carbocycles. The van der Waals surface area contributed by atoms with Crippen molar-refractivity contribution in [3.05, 3.63) is 76.9 Å². The molecule has 2 amide bonds. The molecule has 2 heterocycles. The molecule has 6 nitrogen and oxygen atoms in total. The Bertz CT molecular complexity index is 1130. The molecule has 0 aliphatic carbocycles. The number of pyridine rings is 1. The van der Waals surface area contributed by atoms with E-state index in [9.17, 15) is 9.59 Å². The van der Waals surface area contributed by atoms with E-state index in [0.717, 1.165) is 34.5 Å². The van der Waals surface area contributed by atoms with Gasteiger partial charge in [0.25, 0.3) is 0 Å². The molecule has 158 valence electrons. The maximum atomic E-state index is 12.5. The van der Waals surface area contributed by atoms with Gasteiger partial charge in [-0.15, -0.1) is 0 Å². The van der Waals surface area contributed by atoms with Gasteiger partial charge in [0.15, 0.2) is 0 Å². The van der Waals surface area contributed by atoms with E-state index in [2.05, 4.69) is 4.98 Å². The smallest absolute Gasteiger partial charge is 0.248 e. The van der Waals surface area contributed by atoms with Gasteiger partial charge in [-0.2, -0.15) is 0 Å². The van der Waals surface area contributed by atoms with Crippen molar-refractivity contribution in [1.82, 2.24) is 14.8 Å². The number of carbonyl (C=O) groups excluding carboxylic acids is 2. The molecule has 0 radical (unpaired) electrons. The zero-order valence-electron chi connectivity index (χ0n) is 17.2. The molecule has 7 heteroatoms. The number of piperazine rings is 1. The van der Waals surface area contributed by atoms with Crippen LogP contribution in [0, 0.1) is 0 Å². The fourth-order valence-electron chi connectivity index (χ4n) is 3.75. The van der Waals surface area contributed by atoms with Crippen LogP contribution in [0.15, 0.2) is 60.8 Å². The van der Waals surface area contributed by atoms with Gasteiger partial charge in [-0.3, -0.25) is 19.5 Å². The highest BCUT2D eigenvalue weighted by molar-refractivity contribution is 6.33. The fraction of sp³-hybridized carbons (Fsp3) is 0.208. The lowest BCUT2D eigenvalue weighted by Crippen LogP contribution is -2.48. The highest BCUT2D eigenvalue weighted by atomic mass is 35.5. The number of nitrogens with two attached hydrogens (primary N) is 1. The molecule has 1 saturated heterocycles. The molecule has 0 spiro atoms. The van der Waals surface area contributed by atoms with E-state index in [1.54, 1.807) is 18.3 Å². The fourth-order valence-corrected chi connectivity index (χ4v) is 3.96. The van der Waals surface area contributed by atoms with Crippen LogP contribution in [0.5, 0.6) is 0 Å². The van der Waals surface area contributed by atoms with Crippen molar-refractivity contribution in [1.29, 1.82) is 0 Å². The van der Waals surface area contributed by atoms with Crippen LogP contribution in [-0.4, -0.2) is 53.3 Å². The number of likely N-dealkylation sites (N-methyl/N-ethyl adjacent to an activating group) is 1. The summed E-state index contributed by atoms with van der Waals surface area (Å²) in [5.41, 5.74) is 10.2. The van der Waals surface area contributed by atoms with Crippen LogP contribution < -0.4 is 5.73 Å². The number of halogens is 1. The zero-order chi connectivity index (χ0) is 22.0. The van der Waals surface area contributed by atoms with Gasteiger partial charge in [0.2, 0.25) is 11.8 Å². The zero-order valence-corrected chi connectivity index (χ0v) is 18.0. The number of primary amides is 1. The van der Waals surface area contributed by atoms with Gasteiger partial charge in [0.1, 0.15) is 0 Å². The molecule has 1 aliphatic rings.